The normalized spacial score (nSPS) is 10.8. The average molecular weight is 328 g/mol. The fourth-order valence-electron chi connectivity index (χ4n) is 2.45. The monoisotopic (exact) mass is 328 g/mol. The molecule has 7 heteroatoms. The number of aryl methyl sites for hydroxylation is 2. The van der Waals surface area contributed by atoms with Crippen LogP contribution in [0.15, 0.2) is 40.9 Å². The van der Waals surface area contributed by atoms with Gasteiger partial charge in [0.2, 0.25) is 5.76 Å². The van der Waals surface area contributed by atoms with E-state index in [1.165, 1.54) is 12.1 Å². The first-order valence-electron chi connectivity index (χ1n) is 7.61. The molecule has 3 rings (SSSR count). The second-order valence-corrected chi connectivity index (χ2v) is 5.33. The molecule has 1 aromatic carbocycles. The van der Waals surface area contributed by atoms with Gasteiger partial charge in [0.1, 0.15) is 11.5 Å². The van der Waals surface area contributed by atoms with Gasteiger partial charge in [-0.15, -0.1) is 0 Å². The zero-order valence-corrected chi connectivity index (χ0v) is 13.4. The molecule has 0 spiro atoms. The Labute approximate surface area is 138 Å². The third kappa shape index (κ3) is 3.19. The maximum atomic E-state index is 13.7. The van der Waals surface area contributed by atoms with Gasteiger partial charge in [0, 0.05) is 18.2 Å². The highest BCUT2D eigenvalue weighted by Crippen LogP contribution is 2.22. The largest absolute Gasteiger partial charge is 0.350 e. The third-order valence-electron chi connectivity index (χ3n) is 3.60. The fourth-order valence-corrected chi connectivity index (χ4v) is 2.45. The summed E-state index contributed by atoms with van der Waals surface area (Å²) in [6.45, 7) is 4.92. The van der Waals surface area contributed by atoms with Crippen LogP contribution in [0.1, 0.15) is 28.9 Å². The van der Waals surface area contributed by atoms with E-state index >= 15 is 0 Å². The van der Waals surface area contributed by atoms with Crippen LogP contribution in [0.5, 0.6) is 0 Å². The quantitative estimate of drug-likeness (QED) is 0.781. The molecule has 0 fully saturated rings. The summed E-state index contributed by atoms with van der Waals surface area (Å²) in [6.07, 6.45) is 0. The van der Waals surface area contributed by atoms with Gasteiger partial charge in [-0.25, -0.2) is 4.39 Å². The molecule has 24 heavy (non-hydrogen) atoms. The summed E-state index contributed by atoms with van der Waals surface area (Å²) in [7, 11) is 0. The number of halogens is 1. The summed E-state index contributed by atoms with van der Waals surface area (Å²) in [5.41, 5.74) is 2.37. The van der Waals surface area contributed by atoms with Crippen molar-refractivity contribution < 1.29 is 13.7 Å². The Hall–Kier alpha value is -2.96. The van der Waals surface area contributed by atoms with E-state index in [0.29, 0.717) is 12.1 Å². The van der Waals surface area contributed by atoms with Crippen LogP contribution >= 0.6 is 0 Å². The molecule has 0 unspecified atom stereocenters. The van der Waals surface area contributed by atoms with Gasteiger partial charge in [-0.3, -0.25) is 9.48 Å². The van der Waals surface area contributed by atoms with Crippen molar-refractivity contribution >= 4 is 5.91 Å². The summed E-state index contributed by atoms with van der Waals surface area (Å²) < 4.78 is 20.6. The van der Waals surface area contributed by atoms with Crippen molar-refractivity contribution in [1.82, 2.24) is 20.3 Å². The molecule has 2 aromatic heterocycles. The van der Waals surface area contributed by atoms with Gasteiger partial charge >= 0.3 is 0 Å². The van der Waals surface area contributed by atoms with Gasteiger partial charge in [0.15, 0.2) is 0 Å². The predicted octanol–water partition coefficient (Wildman–Crippen LogP) is 2.94. The minimum Gasteiger partial charge on any atom is -0.350 e. The lowest BCUT2D eigenvalue weighted by atomic mass is 10.1. The first-order chi connectivity index (χ1) is 11.6. The van der Waals surface area contributed by atoms with E-state index in [9.17, 15) is 9.18 Å². The summed E-state index contributed by atoms with van der Waals surface area (Å²) in [6, 6.07) is 9.53. The van der Waals surface area contributed by atoms with Crippen molar-refractivity contribution in [3.8, 4) is 11.3 Å². The fraction of sp³-hybridized carbons (Fsp3) is 0.235. The number of nitrogens with one attached hydrogen (secondary N) is 1. The highest BCUT2D eigenvalue weighted by Gasteiger charge is 2.16. The second kappa shape index (κ2) is 6.66. The molecule has 6 nitrogen and oxygen atoms in total. The standard InChI is InChI=1S/C17H17FN4O2/c1-3-22-12(8-11(2)20-22)10-19-17(23)16-9-15(21-24-16)13-6-4-5-7-14(13)18/h4-9H,3,10H2,1-2H3,(H,19,23). The maximum Gasteiger partial charge on any atom is 0.290 e. The second-order valence-electron chi connectivity index (χ2n) is 5.33. The first kappa shape index (κ1) is 15.9. The van der Waals surface area contributed by atoms with Gasteiger partial charge in [-0.1, -0.05) is 17.3 Å². The molecule has 0 aliphatic heterocycles. The minimum absolute atomic E-state index is 0.0348. The van der Waals surface area contributed by atoms with E-state index in [0.717, 1.165) is 17.9 Å². The number of amides is 1. The molecule has 3 aromatic rings. The smallest absolute Gasteiger partial charge is 0.290 e. The molecule has 1 amide bonds. The van der Waals surface area contributed by atoms with Crippen LogP contribution in [0.2, 0.25) is 0 Å². The number of carbonyl (C=O) groups is 1. The molecule has 0 aliphatic carbocycles. The van der Waals surface area contributed by atoms with E-state index in [1.807, 2.05) is 24.6 Å². The van der Waals surface area contributed by atoms with Gasteiger partial charge in [0.25, 0.3) is 5.91 Å². The number of nitrogens with zero attached hydrogens (tertiary/aromatic N) is 3. The van der Waals surface area contributed by atoms with Crippen LogP contribution in [0, 0.1) is 12.7 Å². The first-order valence-corrected chi connectivity index (χ1v) is 7.61. The Bertz CT molecular complexity index is 869. The number of hydrogen-bond donors (Lipinski definition) is 1. The Morgan fingerprint density at radius 2 is 2.12 bits per heavy atom. The van der Waals surface area contributed by atoms with Crippen LogP contribution in [0.3, 0.4) is 0 Å². The molecule has 0 bridgehead atoms. The molecule has 1 N–H and O–H groups in total. The Kier molecular flexibility index (Phi) is 4.41. The summed E-state index contributed by atoms with van der Waals surface area (Å²) in [5, 5.41) is 10.8. The van der Waals surface area contributed by atoms with Gasteiger partial charge in [-0.2, -0.15) is 5.10 Å². The number of carbonyl (C=O) groups excluding carboxylic acids is 1. The Morgan fingerprint density at radius 3 is 2.88 bits per heavy atom. The van der Waals surface area contributed by atoms with Crippen molar-refractivity contribution in [3.63, 3.8) is 0 Å². The lowest BCUT2D eigenvalue weighted by molar-refractivity contribution is 0.0913. The van der Waals surface area contributed by atoms with Gasteiger partial charge in [0.05, 0.1) is 17.9 Å². The maximum absolute atomic E-state index is 13.7. The molecule has 0 atom stereocenters. The number of rotatable bonds is 5. The van der Waals surface area contributed by atoms with E-state index < -0.39 is 11.7 Å². The number of aromatic nitrogens is 3. The van der Waals surface area contributed by atoms with E-state index in [-0.39, 0.29) is 11.5 Å². The number of benzene rings is 1. The van der Waals surface area contributed by atoms with E-state index in [2.05, 4.69) is 15.6 Å². The minimum atomic E-state index is -0.417. The third-order valence-corrected chi connectivity index (χ3v) is 3.60. The van der Waals surface area contributed by atoms with Crippen molar-refractivity contribution in [2.75, 3.05) is 0 Å². The van der Waals surface area contributed by atoms with Crippen LogP contribution in [-0.4, -0.2) is 20.8 Å². The molecular weight excluding hydrogens is 311 g/mol. The number of hydrogen-bond acceptors (Lipinski definition) is 4. The SMILES string of the molecule is CCn1nc(C)cc1CNC(=O)c1cc(-c2ccccc2F)no1. The lowest BCUT2D eigenvalue weighted by Crippen LogP contribution is -2.23. The van der Waals surface area contributed by atoms with E-state index in [1.54, 1.807) is 18.2 Å². The molecule has 2 heterocycles. The van der Waals surface area contributed by atoms with Gasteiger partial charge in [-0.05, 0) is 32.0 Å². The topological polar surface area (TPSA) is 73.0 Å². The van der Waals surface area contributed by atoms with Crippen molar-refractivity contribution in [3.05, 3.63) is 59.4 Å². The summed E-state index contributed by atoms with van der Waals surface area (Å²) in [5.74, 6) is -0.792. The van der Waals surface area contributed by atoms with Crippen LogP contribution in [0.4, 0.5) is 4.39 Å². The average Bonchev–Trinajstić information content (AvgIpc) is 3.19. The molecular formula is C17H17FN4O2. The lowest BCUT2D eigenvalue weighted by Gasteiger charge is -2.05. The summed E-state index contributed by atoms with van der Waals surface area (Å²) in [4.78, 5) is 12.2. The van der Waals surface area contributed by atoms with Crippen molar-refractivity contribution in [2.24, 2.45) is 0 Å². The highest BCUT2D eigenvalue weighted by molar-refractivity contribution is 5.92. The van der Waals surface area contributed by atoms with E-state index in [4.69, 9.17) is 4.52 Å². The van der Waals surface area contributed by atoms with Crippen LogP contribution in [0.25, 0.3) is 11.3 Å². The summed E-state index contributed by atoms with van der Waals surface area (Å²) >= 11 is 0. The van der Waals surface area contributed by atoms with Gasteiger partial charge < -0.3 is 9.84 Å². The van der Waals surface area contributed by atoms with Crippen molar-refractivity contribution in [2.45, 2.75) is 26.9 Å². The highest BCUT2D eigenvalue weighted by atomic mass is 19.1. The Balaban J connectivity index is 1.71. The molecule has 0 saturated carbocycles. The molecule has 0 saturated heterocycles. The van der Waals surface area contributed by atoms with Crippen molar-refractivity contribution in [1.29, 1.82) is 0 Å². The van der Waals surface area contributed by atoms with Crippen LogP contribution in [-0.2, 0) is 13.1 Å². The Morgan fingerprint density at radius 1 is 1.33 bits per heavy atom. The molecule has 0 radical (unpaired) electrons. The molecule has 0 aliphatic rings. The van der Waals surface area contributed by atoms with Crippen LogP contribution < -0.4 is 5.32 Å². The molecule has 124 valence electrons. The zero-order chi connectivity index (χ0) is 17.1. The predicted molar refractivity (Wildman–Crippen MR) is 85.7 cm³/mol. The zero-order valence-electron chi connectivity index (χ0n) is 13.4.